The highest BCUT2D eigenvalue weighted by Gasteiger charge is 2.23. The molecule has 0 amide bonds. The summed E-state index contributed by atoms with van der Waals surface area (Å²) in [7, 11) is 0. The number of hydrogen-bond donors (Lipinski definition) is 0. The monoisotopic (exact) mass is 236 g/mol. The zero-order valence-electron chi connectivity index (χ0n) is 9.44. The zero-order valence-corrected chi connectivity index (χ0v) is 10.3. The molecule has 16 heavy (non-hydrogen) atoms. The highest BCUT2D eigenvalue weighted by Crippen LogP contribution is 2.41. The minimum atomic E-state index is -0.0723. The van der Waals surface area contributed by atoms with Crippen LogP contribution in [0, 0.1) is 0 Å². The maximum atomic E-state index is 11.3. The minimum absolute atomic E-state index is 0.0723. The molecule has 1 aromatic rings. The normalized spacial score (nSPS) is 18.2. The van der Waals surface area contributed by atoms with Crippen molar-refractivity contribution in [2.75, 3.05) is 12.4 Å². The number of fused-ring (bicyclic) bond motifs is 1. The Bertz CT molecular complexity index is 376. The molecular formula is C13H16O2S. The van der Waals surface area contributed by atoms with E-state index in [0.717, 1.165) is 12.2 Å². The molecule has 0 spiro atoms. The van der Waals surface area contributed by atoms with Crippen LogP contribution in [-0.2, 0) is 9.53 Å². The van der Waals surface area contributed by atoms with Crippen LogP contribution in [0.25, 0.3) is 0 Å². The molecule has 1 aliphatic heterocycles. The van der Waals surface area contributed by atoms with Crippen LogP contribution in [0.3, 0.4) is 0 Å². The summed E-state index contributed by atoms with van der Waals surface area (Å²) in [6, 6.07) is 8.47. The van der Waals surface area contributed by atoms with E-state index in [1.54, 1.807) is 0 Å². The average molecular weight is 236 g/mol. The number of benzene rings is 1. The molecule has 0 N–H and O–H groups in total. The highest BCUT2D eigenvalue weighted by molar-refractivity contribution is 7.99. The lowest BCUT2D eigenvalue weighted by Gasteiger charge is -2.09. The Hall–Kier alpha value is -0.960. The Kier molecular flexibility index (Phi) is 3.88. The van der Waals surface area contributed by atoms with Gasteiger partial charge in [0.25, 0.3) is 0 Å². The molecule has 0 aliphatic carbocycles. The molecule has 1 heterocycles. The number of esters is 1. The molecule has 1 unspecified atom stereocenters. The summed E-state index contributed by atoms with van der Waals surface area (Å²) in [6.07, 6.45) is 1.44. The van der Waals surface area contributed by atoms with Crippen LogP contribution in [0.15, 0.2) is 29.2 Å². The molecule has 3 heteroatoms. The highest BCUT2D eigenvalue weighted by atomic mass is 32.2. The van der Waals surface area contributed by atoms with E-state index in [1.165, 1.54) is 10.5 Å². The van der Waals surface area contributed by atoms with Crippen molar-refractivity contribution in [1.82, 2.24) is 0 Å². The standard InChI is InChI=1S/C13H16O2S/c1-2-15-13(14)8-7-10-9-16-12-6-4-3-5-11(10)12/h3-6,10H,2,7-9H2,1H3. The molecule has 0 radical (unpaired) electrons. The van der Waals surface area contributed by atoms with E-state index in [-0.39, 0.29) is 5.97 Å². The van der Waals surface area contributed by atoms with E-state index >= 15 is 0 Å². The Balaban J connectivity index is 1.91. The molecule has 1 aromatic carbocycles. The van der Waals surface area contributed by atoms with Crippen LogP contribution >= 0.6 is 11.8 Å². The molecule has 1 atom stereocenters. The van der Waals surface area contributed by atoms with Gasteiger partial charge in [-0.05, 0) is 30.9 Å². The predicted octanol–water partition coefficient (Wildman–Crippen LogP) is 3.22. The number of hydrogen-bond acceptors (Lipinski definition) is 3. The average Bonchev–Trinajstić information content (AvgIpc) is 2.70. The van der Waals surface area contributed by atoms with Gasteiger partial charge in [-0.2, -0.15) is 0 Å². The third-order valence-corrected chi connectivity index (χ3v) is 4.05. The summed E-state index contributed by atoms with van der Waals surface area (Å²) in [5.41, 5.74) is 1.40. The van der Waals surface area contributed by atoms with Crippen LogP contribution in [0.2, 0.25) is 0 Å². The third-order valence-electron chi connectivity index (χ3n) is 2.80. The van der Waals surface area contributed by atoms with Gasteiger partial charge in [0.15, 0.2) is 0 Å². The summed E-state index contributed by atoms with van der Waals surface area (Å²) in [5.74, 6) is 1.54. The summed E-state index contributed by atoms with van der Waals surface area (Å²) in [5, 5.41) is 0. The van der Waals surface area contributed by atoms with Crippen LogP contribution in [-0.4, -0.2) is 18.3 Å². The first-order chi connectivity index (χ1) is 7.81. The summed E-state index contributed by atoms with van der Waals surface area (Å²) < 4.78 is 4.94. The Morgan fingerprint density at radius 2 is 2.31 bits per heavy atom. The summed E-state index contributed by atoms with van der Waals surface area (Å²) >= 11 is 1.89. The van der Waals surface area contributed by atoms with Gasteiger partial charge in [-0.1, -0.05) is 18.2 Å². The predicted molar refractivity (Wildman–Crippen MR) is 65.8 cm³/mol. The van der Waals surface area contributed by atoms with Gasteiger partial charge in [-0.25, -0.2) is 0 Å². The van der Waals surface area contributed by atoms with Gasteiger partial charge < -0.3 is 4.74 Å². The maximum Gasteiger partial charge on any atom is 0.305 e. The first-order valence-corrected chi connectivity index (χ1v) is 6.67. The first-order valence-electron chi connectivity index (χ1n) is 5.68. The van der Waals surface area contributed by atoms with Crippen LogP contribution in [0.4, 0.5) is 0 Å². The second-order valence-corrected chi connectivity index (χ2v) is 4.95. The minimum Gasteiger partial charge on any atom is -0.466 e. The second kappa shape index (κ2) is 5.39. The third kappa shape index (κ3) is 2.59. The molecule has 2 nitrogen and oxygen atoms in total. The summed E-state index contributed by atoms with van der Waals surface area (Å²) in [4.78, 5) is 12.7. The topological polar surface area (TPSA) is 26.3 Å². The second-order valence-electron chi connectivity index (χ2n) is 3.89. The number of thioether (sulfide) groups is 1. The largest absolute Gasteiger partial charge is 0.466 e. The van der Waals surface area contributed by atoms with E-state index in [9.17, 15) is 4.79 Å². The van der Waals surface area contributed by atoms with E-state index in [0.29, 0.717) is 18.9 Å². The maximum absolute atomic E-state index is 11.3. The van der Waals surface area contributed by atoms with Crippen molar-refractivity contribution in [2.45, 2.75) is 30.6 Å². The number of carbonyl (C=O) groups excluding carboxylic acids is 1. The fraction of sp³-hybridized carbons (Fsp3) is 0.462. The van der Waals surface area contributed by atoms with Crippen molar-refractivity contribution in [3.63, 3.8) is 0 Å². The lowest BCUT2D eigenvalue weighted by Crippen LogP contribution is -2.07. The number of ether oxygens (including phenoxy) is 1. The SMILES string of the molecule is CCOC(=O)CCC1CSc2ccccc21. The molecule has 0 bridgehead atoms. The van der Waals surface area contributed by atoms with Crippen LogP contribution < -0.4 is 0 Å². The van der Waals surface area contributed by atoms with Crippen molar-refractivity contribution >= 4 is 17.7 Å². The van der Waals surface area contributed by atoms with Gasteiger partial charge in [0.2, 0.25) is 0 Å². The van der Waals surface area contributed by atoms with Gasteiger partial charge in [0.05, 0.1) is 6.61 Å². The van der Waals surface area contributed by atoms with E-state index in [4.69, 9.17) is 4.74 Å². The Labute approximate surface area is 100 Å². The fourth-order valence-corrected chi connectivity index (χ4v) is 3.30. The van der Waals surface area contributed by atoms with Crippen molar-refractivity contribution in [1.29, 1.82) is 0 Å². The fourth-order valence-electron chi connectivity index (χ4n) is 1.99. The molecule has 0 saturated carbocycles. The van der Waals surface area contributed by atoms with Crippen molar-refractivity contribution in [2.24, 2.45) is 0 Å². The van der Waals surface area contributed by atoms with Gasteiger partial charge in [-0.15, -0.1) is 11.8 Å². The lowest BCUT2D eigenvalue weighted by molar-refractivity contribution is -0.143. The van der Waals surface area contributed by atoms with E-state index < -0.39 is 0 Å². The molecule has 2 rings (SSSR count). The van der Waals surface area contributed by atoms with Gasteiger partial charge >= 0.3 is 5.97 Å². The van der Waals surface area contributed by atoms with Crippen molar-refractivity contribution < 1.29 is 9.53 Å². The quantitative estimate of drug-likeness (QED) is 0.751. The first kappa shape index (κ1) is 11.5. The summed E-state index contributed by atoms with van der Waals surface area (Å²) in [6.45, 7) is 2.33. The van der Waals surface area contributed by atoms with Crippen molar-refractivity contribution in [3.8, 4) is 0 Å². The number of rotatable bonds is 4. The molecule has 0 fully saturated rings. The van der Waals surface area contributed by atoms with Gasteiger partial charge in [-0.3, -0.25) is 4.79 Å². The van der Waals surface area contributed by atoms with E-state index in [2.05, 4.69) is 24.3 Å². The smallest absolute Gasteiger partial charge is 0.305 e. The zero-order chi connectivity index (χ0) is 11.4. The molecule has 1 aliphatic rings. The molecule has 0 saturated heterocycles. The van der Waals surface area contributed by atoms with E-state index in [1.807, 2.05) is 18.7 Å². The molecule has 86 valence electrons. The Morgan fingerprint density at radius 1 is 1.50 bits per heavy atom. The van der Waals surface area contributed by atoms with Crippen LogP contribution in [0.1, 0.15) is 31.2 Å². The molecular weight excluding hydrogens is 220 g/mol. The van der Waals surface area contributed by atoms with Crippen molar-refractivity contribution in [3.05, 3.63) is 29.8 Å². The number of carbonyl (C=O) groups is 1. The Morgan fingerprint density at radius 3 is 3.12 bits per heavy atom. The molecule has 0 aromatic heterocycles. The van der Waals surface area contributed by atoms with Gasteiger partial charge in [0.1, 0.15) is 0 Å². The lowest BCUT2D eigenvalue weighted by atomic mass is 9.96. The van der Waals surface area contributed by atoms with Crippen LogP contribution in [0.5, 0.6) is 0 Å². The van der Waals surface area contributed by atoms with Gasteiger partial charge in [0, 0.05) is 17.1 Å².